The minimum atomic E-state index is -4.53. The van der Waals surface area contributed by atoms with Gasteiger partial charge in [0.15, 0.2) is 0 Å². The molecule has 0 saturated carbocycles. The topological polar surface area (TPSA) is 71.1 Å². The number of hydrogen-bond donors (Lipinski definition) is 2. The van der Waals surface area contributed by atoms with Crippen molar-refractivity contribution in [2.45, 2.75) is 37.5 Å². The third kappa shape index (κ3) is 5.04. The molecular formula is C20H20F3N3O2S. The van der Waals surface area contributed by atoms with Gasteiger partial charge < -0.3 is 5.32 Å². The predicted octanol–water partition coefficient (Wildman–Crippen LogP) is 4.55. The van der Waals surface area contributed by atoms with Crippen molar-refractivity contribution in [3.8, 4) is 0 Å². The molecule has 0 atom stereocenters. The second-order valence-corrected chi connectivity index (χ2v) is 8.53. The van der Waals surface area contributed by atoms with Crippen molar-refractivity contribution >= 4 is 26.6 Å². The Morgan fingerprint density at radius 2 is 1.69 bits per heavy atom. The Balaban J connectivity index is 1.92. The summed E-state index contributed by atoms with van der Waals surface area (Å²) in [7, 11) is -4.08. The quantitative estimate of drug-likeness (QED) is 0.610. The Morgan fingerprint density at radius 1 is 1.00 bits per heavy atom. The van der Waals surface area contributed by atoms with Crippen LogP contribution in [0.2, 0.25) is 0 Å². The van der Waals surface area contributed by atoms with Crippen LogP contribution in [0, 0.1) is 0 Å². The van der Waals surface area contributed by atoms with Crippen LogP contribution in [-0.4, -0.2) is 19.4 Å². The molecule has 0 unspecified atom stereocenters. The van der Waals surface area contributed by atoms with E-state index in [4.69, 9.17) is 0 Å². The summed E-state index contributed by atoms with van der Waals surface area (Å²) in [6, 6.07) is 12.4. The van der Waals surface area contributed by atoms with E-state index in [1.807, 2.05) is 26.0 Å². The average molecular weight is 423 g/mol. The molecule has 0 fully saturated rings. The second kappa shape index (κ2) is 8.00. The molecule has 0 amide bonds. The summed E-state index contributed by atoms with van der Waals surface area (Å²) in [6.45, 7) is 4.53. The minimum absolute atomic E-state index is 0.258. The molecular weight excluding hydrogens is 403 g/mol. The van der Waals surface area contributed by atoms with Gasteiger partial charge >= 0.3 is 6.18 Å². The van der Waals surface area contributed by atoms with Gasteiger partial charge in [0.05, 0.1) is 27.4 Å². The van der Waals surface area contributed by atoms with Crippen molar-refractivity contribution < 1.29 is 21.6 Å². The maximum Gasteiger partial charge on any atom is 0.416 e. The number of hydrogen-bond acceptors (Lipinski definition) is 4. The number of rotatable bonds is 6. The number of nitrogens with one attached hydrogen (secondary N) is 2. The lowest BCUT2D eigenvalue weighted by molar-refractivity contribution is -0.137. The monoisotopic (exact) mass is 423 g/mol. The van der Waals surface area contributed by atoms with Crippen LogP contribution in [0.1, 0.15) is 25.1 Å². The van der Waals surface area contributed by atoms with Crippen molar-refractivity contribution in [3.05, 3.63) is 65.9 Å². The Morgan fingerprint density at radius 3 is 2.31 bits per heavy atom. The summed E-state index contributed by atoms with van der Waals surface area (Å²) in [6.07, 6.45) is -4.53. The van der Waals surface area contributed by atoms with Gasteiger partial charge in [-0.15, -0.1) is 0 Å². The summed E-state index contributed by atoms with van der Waals surface area (Å²) in [5.74, 6) is 0. The molecule has 1 heterocycles. The maximum absolute atomic E-state index is 12.7. The van der Waals surface area contributed by atoms with Gasteiger partial charge in [0.2, 0.25) is 0 Å². The normalized spacial score (nSPS) is 12.5. The van der Waals surface area contributed by atoms with Gasteiger partial charge in [-0.25, -0.2) is 13.4 Å². The summed E-state index contributed by atoms with van der Waals surface area (Å²) >= 11 is 0. The largest absolute Gasteiger partial charge is 0.416 e. The summed E-state index contributed by atoms with van der Waals surface area (Å²) in [5, 5.41) is 3.99. The average Bonchev–Trinajstić information content (AvgIpc) is 2.66. The van der Waals surface area contributed by atoms with Crippen molar-refractivity contribution in [3.63, 3.8) is 0 Å². The van der Waals surface area contributed by atoms with E-state index in [0.717, 1.165) is 35.3 Å². The van der Waals surface area contributed by atoms with Crippen LogP contribution in [0.4, 0.5) is 18.9 Å². The van der Waals surface area contributed by atoms with Crippen LogP contribution >= 0.6 is 0 Å². The lowest BCUT2D eigenvalue weighted by Gasteiger charge is -2.13. The first kappa shape index (κ1) is 21.1. The van der Waals surface area contributed by atoms with Gasteiger partial charge in [0, 0.05) is 18.0 Å². The number of sulfonamides is 1. The van der Waals surface area contributed by atoms with Crippen molar-refractivity contribution in [2.75, 3.05) is 4.72 Å². The molecule has 0 aliphatic carbocycles. The third-order valence-electron chi connectivity index (χ3n) is 4.21. The number of nitrogens with zero attached hydrogens (tertiary/aromatic N) is 1. The molecule has 0 spiro atoms. The first-order valence-electron chi connectivity index (χ1n) is 8.88. The third-order valence-corrected chi connectivity index (χ3v) is 5.59. The molecule has 0 saturated heterocycles. The van der Waals surface area contributed by atoms with Crippen LogP contribution in [0.5, 0.6) is 0 Å². The zero-order valence-corrected chi connectivity index (χ0v) is 16.6. The first-order valence-corrected chi connectivity index (χ1v) is 10.4. The number of halogens is 3. The van der Waals surface area contributed by atoms with Crippen LogP contribution in [0.25, 0.3) is 10.9 Å². The second-order valence-electron chi connectivity index (χ2n) is 6.84. The van der Waals surface area contributed by atoms with E-state index >= 15 is 0 Å². The van der Waals surface area contributed by atoms with E-state index in [1.54, 1.807) is 18.2 Å². The fourth-order valence-electron chi connectivity index (χ4n) is 2.70. The van der Waals surface area contributed by atoms with Gasteiger partial charge in [-0.2, -0.15) is 13.2 Å². The van der Waals surface area contributed by atoms with Crippen LogP contribution in [0.3, 0.4) is 0 Å². The molecule has 154 valence electrons. The van der Waals surface area contributed by atoms with Gasteiger partial charge in [-0.05, 0) is 36.4 Å². The van der Waals surface area contributed by atoms with Crippen LogP contribution in [0.15, 0.2) is 59.5 Å². The van der Waals surface area contributed by atoms with Gasteiger partial charge in [0.1, 0.15) is 0 Å². The van der Waals surface area contributed by atoms with Crippen molar-refractivity contribution in [2.24, 2.45) is 0 Å². The zero-order chi connectivity index (χ0) is 21.2. The Labute approximate surface area is 167 Å². The number of anilines is 1. The van der Waals surface area contributed by atoms with E-state index in [1.165, 1.54) is 0 Å². The van der Waals surface area contributed by atoms with Gasteiger partial charge in [-0.3, -0.25) is 4.72 Å². The molecule has 0 bridgehead atoms. The Bertz CT molecular complexity index is 1110. The molecule has 2 aromatic carbocycles. The van der Waals surface area contributed by atoms with E-state index < -0.39 is 21.8 Å². The van der Waals surface area contributed by atoms with E-state index in [2.05, 4.69) is 15.0 Å². The number of alkyl halides is 3. The lowest BCUT2D eigenvalue weighted by atomic mass is 10.1. The number of para-hydroxylation sites is 1. The highest BCUT2D eigenvalue weighted by molar-refractivity contribution is 7.92. The molecule has 1 aromatic heterocycles. The molecule has 0 aliphatic rings. The fraction of sp³-hybridized carbons (Fsp3) is 0.250. The highest BCUT2D eigenvalue weighted by Gasteiger charge is 2.30. The van der Waals surface area contributed by atoms with Crippen LogP contribution < -0.4 is 10.0 Å². The highest BCUT2D eigenvalue weighted by atomic mass is 32.2. The van der Waals surface area contributed by atoms with E-state index in [9.17, 15) is 21.6 Å². The molecule has 0 radical (unpaired) electrons. The van der Waals surface area contributed by atoms with Crippen LogP contribution in [-0.2, 0) is 22.7 Å². The van der Waals surface area contributed by atoms with Crippen molar-refractivity contribution in [1.82, 2.24) is 10.3 Å². The fourth-order valence-corrected chi connectivity index (χ4v) is 3.77. The predicted molar refractivity (Wildman–Crippen MR) is 106 cm³/mol. The van der Waals surface area contributed by atoms with E-state index in [-0.39, 0.29) is 16.6 Å². The summed E-state index contributed by atoms with van der Waals surface area (Å²) < 4.78 is 65.9. The standard InChI is InChI=1S/C20H20F3N3O2S/c1-13(2)24-12-16-9-6-14-4-3-5-18(19(14)25-16)26-29(27,28)17-10-7-15(8-11-17)20(21,22)23/h3-11,13,24,26H,12H2,1-2H3. The molecule has 9 heteroatoms. The summed E-state index contributed by atoms with van der Waals surface area (Å²) in [4.78, 5) is 4.27. The SMILES string of the molecule is CC(C)NCc1ccc2cccc(NS(=O)(=O)c3ccc(C(F)(F)F)cc3)c2n1. The summed E-state index contributed by atoms with van der Waals surface area (Å²) in [5.41, 5.74) is 0.554. The zero-order valence-electron chi connectivity index (χ0n) is 15.8. The van der Waals surface area contributed by atoms with E-state index in [0.29, 0.717) is 12.1 Å². The van der Waals surface area contributed by atoms with Gasteiger partial charge in [0.25, 0.3) is 10.0 Å². The number of pyridine rings is 1. The smallest absolute Gasteiger partial charge is 0.309 e. The highest BCUT2D eigenvalue weighted by Crippen LogP contribution is 2.30. The Kier molecular flexibility index (Phi) is 5.81. The lowest BCUT2D eigenvalue weighted by Crippen LogP contribution is -2.22. The number of benzene rings is 2. The molecule has 2 N–H and O–H groups in total. The molecule has 29 heavy (non-hydrogen) atoms. The van der Waals surface area contributed by atoms with Crippen molar-refractivity contribution in [1.29, 1.82) is 0 Å². The molecule has 3 aromatic rings. The molecule has 0 aliphatic heterocycles. The number of aromatic nitrogens is 1. The Hall–Kier alpha value is -2.65. The first-order chi connectivity index (χ1) is 13.6. The molecule has 5 nitrogen and oxygen atoms in total. The maximum atomic E-state index is 12.7. The molecule has 3 rings (SSSR count). The number of fused-ring (bicyclic) bond motifs is 1. The van der Waals surface area contributed by atoms with Gasteiger partial charge in [-0.1, -0.05) is 32.0 Å². The minimum Gasteiger partial charge on any atom is -0.309 e.